The molecule has 0 bridgehead atoms. The molecule has 0 N–H and O–H groups in total. The van der Waals surface area contributed by atoms with Crippen LogP contribution >= 0.6 is 11.6 Å². The molecule has 1 fully saturated rings. The molecule has 2 aromatic heterocycles. The zero-order chi connectivity index (χ0) is 20.9. The molecule has 10 heteroatoms. The van der Waals surface area contributed by atoms with E-state index in [0.717, 1.165) is 43.5 Å². The van der Waals surface area contributed by atoms with Crippen LogP contribution in [0.15, 0.2) is 35.0 Å². The van der Waals surface area contributed by atoms with Crippen molar-refractivity contribution >= 4 is 23.6 Å². The van der Waals surface area contributed by atoms with Crippen molar-refractivity contribution in [2.75, 3.05) is 13.1 Å². The number of carbonyl (C=O) groups excluding carboxylic acids is 1. The lowest BCUT2D eigenvalue weighted by Crippen LogP contribution is -2.38. The van der Waals surface area contributed by atoms with Gasteiger partial charge in [-0.1, -0.05) is 17.7 Å². The standard InChI is InChI=1S/C20H22ClN7O2/c1-14-24-25-19(30-14)10-15-6-8-27(9-7-15)20(29)5-3-16-2-4-18(21)11-17(16)12-28-23-13-22-26-28/h2-5,11,13,15H,6-10,12H2,1H3/b5-3+. The summed E-state index contributed by atoms with van der Waals surface area (Å²) in [5.74, 6) is 1.72. The van der Waals surface area contributed by atoms with Crippen molar-refractivity contribution in [3.63, 3.8) is 0 Å². The van der Waals surface area contributed by atoms with Gasteiger partial charge >= 0.3 is 0 Å². The highest BCUT2D eigenvalue weighted by atomic mass is 35.5. The second-order valence-corrected chi connectivity index (χ2v) is 7.77. The molecule has 9 nitrogen and oxygen atoms in total. The van der Waals surface area contributed by atoms with Crippen molar-refractivity contribution in [1.29, 1.82) is 0 Å². The number of hydrogen-bond acceptors (Lipinski definition) is 7. The van der Waals surface area contributed by atoms with Crippen molar-refractivity contribution in [3.05, 3.63) is 58.5 Å². The molecule has 3 heterocycles. The molecule has 0 spiro atoms. The van der Waals surface area contributed by atoms with Crippen molar-refractivity contribution in [1.82, 2.24) is 35.3 Å². The molecule has 0 saturated carbocycles. The number of likely N-dealkylation sites (tertiary alicyclic amines) is 1. The summed E-state index contributed by atoms with van der Waals surface area (Å²) in [6.45, 7) is 3.66. The number of hydrogen-bond donors (Lipinski definition) is 0. The van der Waals surface area contributed by atoms with Crippen LogP contribution in [-0.4, -0.2) is 54.3 Å². The summed E-state index contributed by atoms with van der Waals surface area (Å²) >= 11 is 6.13. The molecule has 1 aromatic carbocycles. The van der Waals surface area contributed by atoms with E-state index in [0.29, 0.717) is 29.3 Å². The van der Waals surface area contributed by atoms with Crippen molar-refractivity contribution in [3.8, 4) is 0 Å². The normalized spacial score (nSPS) is 15.2. The topological polar surface area (TPSA) is 103 Å². The van der Waals surface area contributed by atoms with Gasteiger partial charge in [-0.2, -0.15) is 4.80 Å². The zero-order valence-corrected chi connectivity index (χ0v) is 17.4. The summed E-state index contributed by atoms with van der Waals surface area (Å²) in [6, 6.07) is 5.53. The number of aryl methyl sites for hydroxylation is 1. The van der Waals surface area contributed by atoms with E-state index in [1.54, 1.807) is 19.1 Å². The molecule has 1 aliphatic rings. The number of tetrazole rings is 1. The molecule has 1 amide bonds. The van der Waals surface area contributed by atoms with Gasteiger partial charge in [0.15, 0.2) is 6.33 Å². The molecule has 3 aromatic rings. The molecule has 30 heavy (non-hydrogen) atoms. The molecule has 0 radical (unpaired) electrons. The van der Waals surface area contributed by atoms with Gasteiger partial charge in [0.2, 0.25) is 17.7 Å². The summed E-state index contributed by atoms with van der Waals surface area (Å²) < 4.78 is 5.47. The van der Waals surface area contributed by atoms with Crippen molar-refractivity contribution < 1.29 is 9.21 Å². The van der Waals surface area contributed by atoms with Crippen LogP contribution in [0.2, 0.25) is 5.02 Å². The fraction of sp³-hybridized carbons (Fsp3) is 0.400. The minimum atomic E-state index is 0.00173. The number of nitrogens with zero attached hydrogens (tertiary/aromatic N) is 7. The van der Waals surface area contributed by atoms with E-state index in [9.17, 15) is 4.79 Å². The third-order valence-corrected chi connectivity index (χ3v) is 5.41. The van der Waals surface area contributed by atoms with Gasteiger partial charge in [0.1, 0.15) is 0 Å². The Balaban J connectivity index is 1.35. The fourth-order valence-electron chi connectivity index (χ4n) is 3.58. The van der Waals surface area contributed by atoms with Gasteiger partial charge in [-0.25, -0.2) is 0 Å². The van der Waals surface area contributed by atoms with E-state index in [2.05, 4.69) is 25.6 Å². The average Bonchev–Trinajstić information content (AvgIpc) is 3.39. The molecule has 0 aliphatic carbocycles. The van der Waals surface area contributed by atoms with Crippen LogP contribution in [0.25, 0.3) is 6.08 Å². The smallest absolute Gasteiger partial charge is 0.246 e. The van der Waals surface area contributed by atoms with Gasteiger partial charge in [0.25, 0.3) is 0 Å². The molecular weight excluding hydrogens is 406 g/mol. The quantitative estimate of drug-likeness (QED) is 0.557. The van der Waals surface area contributed by atoms with Gasteiger partial charge in [0, 0.05) is 37.5 Å². The number of benzene rings is 1. The first kappa shape index (κ1) is 20.2. The highest BCUT2D eigenvalue weighted by molar-refractivity contribution is 6.30. The highest BCUT2D eigenvalue weighted by Crippen LogP contribution is 2.22. The van der Waals surface area contributed by atoms with E-state index in [4.69, 9.17) is 16.0 Å². The molecule has 1 aliphatic heterocycles. The first-order valence-electron chi connectivity index (χ1n) is 9.82. The SMILES string of the molecule is Cc1nnc(CC2CCN(C(=O)/C=C/c3ccc(Cl)cc3Cn3ncnn3)CC2)o1. The van der Waals surface area contributed by atoms with Crippen LogP contribution < -0.4 is 0 Å². The summed E-state index contributed by atoms with van der Waals surface area (Å²) in [4.78, 5) is 16.0. The Hall–Kier alpha value is -3.07. The fourth-order valence-corrected chi connectivity index (χ4v) is 3.77. The van der Waals surface area contributed by atoms with Gasteiger partial charge in [0.05, 0.1) is 6.54 Å². The summed E-state index contributed by atoms with van der Waals surface area (Å²) in [6.07, 6.45) is 7.42. The maximum atomic E-state index is 12.7. The lowest BCUT2D eigenvalue weighted by Gasteiger charge is -2.30. The summed E-state index contributed by atoms with van der Waals surface area (Å²) in [5, 5.41) is 20.2. The average molecular weight is 428 g/mol. The minimum absolute atomic E-state index is 0.00173. The monoisotopic (exact) mass is 427 g/mol. The molecular formula is C20H22ClN7O2. The molecule has 156 valence electrons. The number of amides is 1. The summed E-state index contributed by atoms with van der Waals surface area (Å²) in [7, 11) is 0. The molecule has 4 rings (SSSR count). The van der Waals surface area contributed by atoms with Crippen molar-refractivity contribution in [2.45, 2.75) is 32.7 Å². The first-order chi connectivity index (χ1) is 14.6. The Kier molecular flexibility index (Phi) is 6.18. The molecule has 1 saturated heterocycles. The van der Waals surface area contributed by atoms with E-state index in [1.165, 1.54) is 11.1 Å². The van der Waals surface area contributed by atoms with Crippen LogP contribution in [0.4, 0.5) is 0 Å². The molecule has 0 atom stereocenters. The van der Waals surface area contributed by atoms with E-state index in [1.807, 2.05) is 23.1 Å². The van der Waals surface area contributed by atoms with E-state index in [-0.39, 0.29) is 5.91 Å². The highest BCUT2D eigenvalue weighted by Gasteiger charge is 2.23. The first-order valence-corrected chi connectivity index (χ1v) is 10.2. The lowest BCUT2D eigenvalue weighted by atomic mass is 9.93. The predicted molar refractivity (Wildman–Crippen MR) is 109 cm³/mol. The second-order valence-electron chi connectivity index (χ2n) is 7.33. The minimum Gasteiger partial charge on any atom is -0.426 e. The number of aromatic nitrogens is 6. The third kappa shape index (κ3) is 5.10. The maximum Gasteiger partial charge on any atom is 0.246 e. The van der Waals surface area contributed by atoms with Crippen LogP contribution in [0.1, 0.15) is 35.7 Å². The number of halogens is 1. The number of rotatable bonds is 6. The van der Waals surface area contributed by atoms with Gasteiger partial charge in [-0.05, 0) is 53.3 Å². The Bertz CT molecular complexity index is 1020. The van der Waals surface area contributed by atoms with Crippen LogP contribution in [0.3, 0.4) is 0 Å². The Morgan fingerprint density at radius 1 is 1.30 bits per heavy atom. The Morgan fingerprint density at radius 3 is 2.83 bits per heavy atom. The number of carbonyl (C=O) groups is 1. The van der Waals surface area contributed by atoms with Gasteiger partial charge in [-0.15, -0.1) is 20.4 Å². The van der Waals surface area contributed by atoms with Gasteiger partial charge < -0.3 is 9.32 Å². The zero-order valence-electron chi connectivity index (χ0n) is 16.6. The van der Waals surface area contributed by atoms with E-state index >= 15 is 0 Å². The predicted octanol–water partition coefficient (Wildman–Crippen LogP) is 2.56. The van der Waals surface area contributed by atoms with Gasteiger partial charge in [-0.3, -0.25) is 4.79 Å². The lowest BCUT2D eigenvalue weighted by molar-refractivity contribution is -0.127. The van der Waals surface area contributed by atoms with Crippen LogP contribution in [-0.2, 0) is 17.8 Å². The van der Waals surface area contributed by atoms with Crippen molar-refractivity contribution in [2.24, 2.45) is 5.92 Å². The van der Waals surface area contributed by atoms with Crippen LogP contribution in [0, 0.1) is 12.8 Å². The summed E-state index contributed by atoms with van der Waals surface area (Å²) in [5.41, 5.74) is 1.81. The molecule has 0 unspecified atom stereocenters. The third-order valence-electron chi connectivity index (χ3n) is 5.17. The largest absolute Gasteiger partial charge is 0.426 e. The Morgan fingerprint density at radius 2 is 2.13 bits per heavy atom. The maximum absolute atomic E-state index is 12.7. The Labute approximate surface area is 178 Å². The van der Waals surface area contributed by atoms with Crippen LogP contribution in [0.5, 0.6) is 0 Å². The number of piperidine rings is 1. The van der Waals surface area contributed by atoms with E-state index < -0.39 is 0 Å². The second kappa shape index (κ2) is 9.17.